The molecule has 12 heavy (non-hydrogen) atoms. The highest BCUT2D eigenvalue weighted by atomic mass is 16.5. The van der Waals surface area contributed by atoms with Gasteiger partial charge in [0.1, 0.15) is 0 Å². The molecule has 3 heterocycles. The molecular formula is C10H16O2. The summed E-state index contributed by atoms with van der Waals surface area (Å²) in [4.78, 5) is 0. The summed E-state index contributed by atoms with van der Waals surface area (Å²) in [6, 6.07) is 0. The highest BCUT2D eigenvalue weighted by Gasteiger charge is 2.55. The van der Waals surface area contributed by atoms with E-state index in [1.165, 1.54) is 12.8 Å². The Morgan fingerprint density at radius 3 is 2.92 bits per heavy atom. The summed E-state index contributed by atoms with van der Waals surface area (Å²) in [5.74, 6) is 1.49. The van der Waals surface area contributed by atoms with Crippen LogP contribution in [0, 0.1) is 11.8 Å². The van der Waals surface area contributed by atoms with Crippen LogP contribution < -0.4 is 0 Å². The van der Waals surface area contributed by atoms with Crippen LogP contribution in [-0.2, 0) is 9.47 Å². The summed E-state index contributed by atoms with van der Waals surface area (Å²) < 4.78 is 11.7. The molecule has 5 atom stereocenters. The van der Waals surface area contributed by atoms with Crippen LogP contribution in [0.2, 0.25) is 0 Å². The first-order chi connectivity index (χ1) is 5.90. The van der Waals surface area contributed by atoms with Crippen LogP contribution in [-0.4, -0.2) is 24.9 Å². The molecule has 2 heteroatoms. The zero-order valence-electron chi connectivity index (χ0n) is 7.53. The second kappa shape index (κ2) is 2.46. The zero-order valence-corrected chi connectivity index (χ0v) is 7.53. The Labute approximate surface area is 73.2 Å². The van der Waals surface area contributed by atoms with Crippen molar-refractivity contribution in [2.75, 3.05) is 6.61 Å². The topological polar surface area (TPSA) is 18.5 Å². The normalized spacial score (nSPS) is 56.2. The van der Waals surface area contributed by atoms with E-state index in [-0.39, 0.29) is 0 Å². The molecule has 0 radical (unpaired) electrons. The van der Waals surface area contributed by atoms with Gasteiger partial charge in [-0.25, -0.2) is 0 Å². The third-order valence-corrected chi connectivity index (χ3v) is 3.82. The molecule has 0 aromatic rings. The summed E-state index contributed by atoms with van der Waals surface area (Å²) in [6.45, 7) is 3.18. The summed E-state index contributed by atoms with van der Waals surface area (Å²) >= 11 is 0. The minimum absolute atomic E-state index is 0.505. The SMILES string of the molecule is CCC1OCC2C3CCC(O3)C12. The molecule has 0 saturated carbocycles. The van der Waals surface area contributed by atoms with Gasteiger partial charge in [0, 0.05) is 11.8 Å². The van der Waals surface area contributed by atoms with E-state index in [0.29, 0.717) is 18.3 Å². The summed E-state index contributed by atoms with van der Waals surface area (Å²) in [5.41, 5.74) is 0. The molecule has 3 aliphatic heterocycles. The number of hydrogen-bond donors (Lipinski definition) is 0. The van der Waals surface area contributed by atoms with Crippen molar-refractivity contribution in [1.82, 2.24) is 0 Å². The fourth-order valence-corrected chi connectivity index (χ4v) is 3.28. The van der Waals surface area contributed by atoms with Crippen LogP contribution in [0.1, 0.15) is 26.2 Å². The first-order valence-electron chi connectivity index (χ1n) is 5.17. The van der Waals surface area contributed by atoms with Gasteiger partial charge in [-0.15, -0.1) is 0 Å². The predicted molar refractivity (Wildman–Crippen MR) is 44.9 cm³/mol. The van der Waals surface area contributed by atoms with Gasteiger partial charge in [-0.3, -0.25) is 0 Å². The Morgan fingerprint density at radius 2 is 2.08 bits per heavy atom. The first kappa shape index (κ1) is 7.34. The third kappa shape index (κ3) is 0.775. The summed E-state index contributed by atoms with van der Waals surface area (Å²) in [5, 5.41) is 0. The van der Waals surface area contributed by atoms with Crippen LogP contribution >= 0.6 is 0 Å². The van der Waals surface area contributed by atoms with Crippen LogP contribution in [0.15, 0.2) is 0 Å². The first-order valence-corrected chi connectivity index (χ1v) is 5.17. The lowest BCUT2D eigenvalue weighted by Crippen LogP contribution is -2.30. The van der Waals surface area contributed by atoms with E-state index in [9.17, 15) is 0 Å². The van der Waals surface area contributed by atoms with E-state index >= 15 is 0 Å². The maximum atomic E-state index is 5.89. The molecule has 3 fully saturated rings. The van der Waals surface area contributed by atoms with E-state index < -0.39 is 0 Å². The van der Waals surface area contributed by atoms with Crippen LogP contribution in [0.25, 0.3) is 0 Å². The molecule has 0 amide bonds. The van der Waals surface area contributed by atoms with Crippen LogP contribution in [0.3, 0.4) is 0 Å². The molecule has 68 valence electrons. The van der Waals surface area contributed by atoms with Crippen molar-refractivity contribution in [1.29, 1.82) is 0 Å². The number of fused-ring (bicyclic) bond motifs is 5. The maximum absolute atomic E-state index is 5.89. The molecule has 0 aliphatic carbocycles. The van der Waals surface area contributed by atoms with Gasteiger partial charge in [-0.2, -0.15) is 0 Å². The molecule has 2 bridgehead atoms. The smallest absolute Gasteiger partial charge is 0.0637 e. The van der Waals surface area contributed by atoms with Gasteiger partial charge < -0.3 is 9.47 Å². The van der Waals surface area contributed by atoms with E-state index in [2.05, 4.69) is 6.92 Å². The van der Waals surface area contributed by atoms with E-state index in [4.69, 9.17) is 9.47 Å². The van der Waals surface area contributed by atoms with Gasteiger partial charge in [0.2, 0.25) is 0 Å². The van der Waals surface area contributed by atoms with Gasteiger partial charge in [0.15, 0.2) is 0 Å². The monoisotopic (exact) mass is 168 g/mol. The van der Waals surface area contributed by atoms with Gasteiger partial charge >= 0.3 is 0 Å². The van der Waals surface area contributed by atoms with Gasteiger partial charge in [0.25, 0.3) is 0 Å². The summed E-state index contributed by atoms with van der Waals surface area (Å²) in [6.07, 6.45) is 5.33. The molecule has 0 spiro atoms. The second-order valence-electron chi connectivity index (χ2n) is 4.31. The van der Waals surface area contributed by atoms with Crippen molar-refractivity contribution in [2.45, 2.75) is 44.5 Å². The van der Waals surface area contributed by atoms with Gasteiger partial charge in [0.05, 0.1) is 24.9 Å². The standard InChI is InChI=1S/C10H16O2/c1-2-7-10-6(5-11-7)8-3-4-9(10)12-8/h6-10H,2-5H2,1H3. The van der Waals surface area contributed by atoms with Crippen LogP contribution in [0.4, 0.5) is 0 Å². The highest BCUT2D eigenvalue weighted by molar-refractivity contribution is 5.02. The molecule has 0 N–H and O–H groups in total. The Bertz CT molecular complexity index is 190. The molecular weight excluding hydrogens is 152 g/mol. The van der Waals surface area contributed by atoms with E-state index in [1.807, 2.05) is 0 Å². The average Bonchev–Trinajstić information content (AvgIpc) is 2.76. The van der Waals surface area contributed by atoms with Crippen molar-refractivity contribution in [3.8, 4) is 0 Å². The largest absolute Gasteiger partial charge is 0.377 e. The van der Waals surface area contributed by atoms with Gasteiger partial charge in [-0.1, -0.05) is 6.92 Å². The molecule has 3 rings (SSSR count). The predicted octanol–water partition coefficient (Wildman–Crippen LogP) is 1.59. The molecule has 0 aromatic carbocycles. The maximum Gasteiger partial charge on any atom is 0.0637 e. The van der Waals surface area contributed by atoms with Gasteiger partial charge in [-0.05, 0) is 19.3 Å². The van der Waals surface area contributed by atoms with Crippen molar-refractivity contribution in [3.05, 3.63) is 0 Å². The lowest BCUT2D eigenvalue weighted by Gasteiger charge is -2.22. The number of ether oxygens (including phenoxy) is 2. The average molecular weight is 168 g/mol. The fourth-order valence-electron chi connectivity index (χ4n) is 3.28. The van der Waals surface area contributed by atoms with Crippen molar-refractivity contribution >= 4 is 0 Å². The Balaban J connectivity index is 1.85. The number of rotatable bonds is 1. The molecule has 5 unspecified atom stereocenters. The summed E-state index contributed by atoms with van der Waals surface area (Å²) in [7, 11) is 0. The highest BCUT2D eigenvalue weighted by Crippen LogP contribution is 2.49. The molecule has 3 aliphatic rings. The second-order valence-corrected chi connectivity index (χ2v) is 4.31. The van der Waals surface area contributed by atoms with Crippen molar-refractivity contribution < 1.29 is 9.47 Å². The number of hydrogen-bond acceptors (Lipinski definition) is 2. The van der Waals surface area contributed by atoms with Crippen molar-refractivity contribution in [2.24, 2.45) is 11.8 Å². The molecule has 2 nitrogen and oxygen atoms in total. The van der Waals surface area contributed by atoms with Crippen LogP contribution in [0.5, 0.6) is 0 Å². The quantitative estimate of drug-likeness (QED) is 0.592. The minimum atomic E-state index is 0.505. The van der Waals surface area contributed by atoms with E-state index in [1.54, 1.807) is 0 Å². The van der Waals surface area contributed by atoms with Crippen molar-refractivity contribution in [3.63, 3.8) is 0 Å². The van der Waals surface area contributed by atoms with E-state index in [0.717, 1.165) is 24.9 Å². The fraction of sp³-hybridized carbons (Fsp3) is 1.00. The molecule has 3 saturated heterocycles. The Hall–Kier alpha value is -0.0800. The zero-order chi connectivity index (χ0) is 8.13. The minimum Gasteiger partial charge on any atom is -0.377 e. The Kier molecular flexibility index (Phi) is 1.50. The lowest BCUT2D eigenvalue weighted by atomic mass is 9.78. The molecule has 0 aromatic heterocycles. The Morgan fingerprint density at radius 1 is 1.25 bits per heavy atom. The lowest BCUT2D eigenvalue weighted by molar-refractivity contribution is 0.0101. The third-order valence-electron chi connectivity index (χ3n) is 3.82.